The number of aromatic nitrogens is 3. The summed E-state index contributed by atoms with van der Waals surface area (Å²) in [6.45, 7) is 3.75. The number of rotatable bonds is 5. The highest BCUT2D eigenvalue weighted by molar-refractivity contribution is 9.10. The normalized spacial score (nSPS) is 10.9. The van der Waals surface area contributed by atoms with E-state index in [4.69, 9.17) is 4.74 Å². The molecule has 0 spiro atoms. The van der Waals surface area contributed by atoms with Gasteiger partial charge >= 0.3 is 17.4 Å². The molecule has 1 aromatic heterocycles. The number of carbonyl (C=O) groups excluding carboxylic acids is 1. The van der Waals surface area contributed by atoms with E-state index in [2.05, 4.69) is 26.3 Å². The van der Waals surface area contributed by atoms with Gasteiger partial charge in [0.15, 0.2) is 0 Å². The molecule has 8 nitrogen and oxygen atoms in total. The molecular weight excluding hydrogens is 356 g/mol. The second-order valence-electron chi connectivity index (χ2n) is 4.87. The van der Waals surface area contributed by atoms with Crippen molar-refractivity contribution >= 4 is 38.9 Å². The van der Waals surface area contributed by atoms with Crippen molar-refractivity contribution in [3.63, 3.8) is 0 Å². The van der Waals surface area contributed by atoms with Gasteiger partial charge in [-0.05, 0) is 30.7 Å². The number of benzene rings is 1. The van der Waals surface area contributed by atoms with E-state index in [-0.39, 0.29) is 31.0 Å². The Labute approximate surface area is 135 Å². The van der Waals surface area contributed by atoms with Crippen LogP contribution in [0, 0.1) is 0 Å². The van der Waals surface area contributed by atoms with Crippen LogP contribution in [0.5, 0.6) is 0 Å². The van der Waals surface area contributed by atoms with E-state index in [9.17, 15) is 15.2 Å². The third-order valence-corrected chi connectivity index (χ3v) is 3.24. The van der Waals surface area contributed by atoms with Crippen LogP contribution >= 0.6 is 15.9 Å². The SMILES string of the molecule is CC(C)OC(=O)CCNc1n[n+](O)c2cc(Br)ccc2[n+]1O. The first-order chi connectivity index (χ1) is 10.4. The lowest BCUT2D eigenvalue weighted by molar-refractivity contribution is -0.950. The van der Waals surface area contributed by atoms with Crippen LogP contribution in [0.1, 0.15) is 20.3 Å². The molecule has 118 valence electrons. The molecule has 0 aliphatic heterocycles. The number of hydrogen-bond acceptors (Lipinski definition) is 6. The van der Waals surface area contributed by atoms with Gasteiger partial charge < -0.3 is 9.94 Å². The average molecular weight is 373 g/mol. The van der Waals surface area contributed by atoms with Crippen LogP contribution in [0.25, 0.3) is 11.0 Å². The van der Waals surface area contributed by atoms with E-state index in [1.807, 2.05) is 0 Å². The van der Waals surface area contributed by atoms with Gasteiger partial charge in [0, 0.05) is 10.5 Å². The van der Waals surface area contributed by atoms with E-state index in [0.29, 0.717) is 15.9 Å². The third-order valence-electron chi connectivity index (χ3n) is 2.75. The first-order valence-electron chi connectivity index (χ1n) is 6.68. The lowest BCUT2D eigenvalue weighted by Crippen LogP contribution is -2.47. The standard InChI is InChI=1S/C13H16BrN4O4/c1-8(2)22-12(19)5-6-15-13-16-18(21)11-7-9(14)3-4-10(11)17(13)20/h3-4,7-8,20H,5-6H2,1-2H3,(H,15,16,21)/q+1/p+1. The van der Waals surface area contributed by atoms with E-state index < -0.39 is 0 Å². The molecule has 0 bridgehead atoms. The average Bonchev–Trinajstić information content (AvgIpc) is 2.43. The molecule has 3 N–H and O–H groups in total. The van der Waals surface area contributed by atoms with Crippen molar-refractivity contribution in [2.45, 2.75) is 26.4 Å². The molecule has 0 saturated heterocycles. The maximum atomic E-state index is 11.4. The predicted molar refractivity (Wildman–Crippen MR) is 78.5 cm³/mol. The number of nitrogens with zero attached hydrogens (tertiary/aromatic N) is 3. The molecule has 0 atom stereocenters. The van der Waals surface area contributed by atoms with Crippen molar-refractivity contribution in [1.29, 1.82) is 0 Å². The largest absolute Gasteiger partial charge is 0.500 e. The van der Waals surface area contributed by atoms with Crippen LogP contribution in [0.4, 0.5) is 5.95 Å². The second kappa shape index (κ2) is 6.73. The van der Waals surface area contributed by atoms with E-state index >= 15 is 0 Å². The Bertz CT molecular complexity index is 708. The van der Waals surface area contributed by atoms with Gasteiger partial charge in [0.25, 0.3) is 5.10 Å². The molecule has 1 heterocycles. The molecule has 2 aromatic rings. The van der Waals surface area contributed by atoms with E-state index in [1.165, 1.54) is 0 Å². The number of ether oxygens (including phenoxy) is 1. The van der Waals surface area contributed by atoms with Crippen molar-refractivity contribution in [3.05, 3.63) is 22.7 Å². The minimum Gasteiger partial charge on any atom is -0.463 e. The van der Waals surface area contributed by atoms with Gasteiger partial charge in [0.2, 0.25) is 10.4 Å². The summed E-state index contributed by atoms with van der Waals surface area (Å²) in [4.78, 5) is 12.1. The zero-order valence-electron chi connectivity index (χ0n) is 12.2. The quantitative estimate of drug-likeness (QED) is 0.407. The zero-order valence-corrected chi connectivity index (χ0v) is 13.7. The Kier molecular flexibility index (Phi) is 4.96. The molecule has 0 radical (unpaired) electrons. The predicted octanol–water partition coefficient (Wildman–Crippen LogP) is 0.801. The molecule has 1 aromatic carbocycles. The topological polar surface area (TPSA) is 99.4 Å². The highest BCUT2D eigenvalue weighted by Crippen LogP contribution is 2.14. The van der Waals surface area contributed by atoms with Gasteiger partial charge in [0.05, 0.1) is 19.1 Å². The molecule has 0 saturated carbocycles. The number of anilines is 1. The second-order valence-corrected chi connectivity index (χ2v) is 5.79. The summed E-state index contributed by atoms with van der Waals surface area (Å²) in [5.74, 6) is -0.344. The third kappa shape index (κ3) is 3.73. The van der Waals surface area contributed by atoms with Crippen LogP contribution in [-0.2, 0) is 9.53 Å². The Morgan fingerprint density at radius 2 is 2.14 bits per heavy atom. The summed E-state index contributed by atoms with van der Waals surface area (Å²) in [7, 11) is 0. The summed E-state index contributed by atoms with van der Waals surface area (Å²) in [5.41, 5.74) is 0.676. The first-order valence-corrected chi connectivity index (χ1v) is 7.47. The Morgan fingerprint density at radius 1 is 1.41 bits per heavy atom. The Morgan fingerprint density at radius 3 is 2.82 bits per heavy atom. The minimum absolute atomic E-state index is 0.00895. The number of esters is 1. The van der Waals surface area contributed by atoms with Gasteiger partial charge in [-0.2, -0.15) is 0 Å². The number of fused-ring (bicyclic) bond motifs is 1. The lowest BCUT2D eigenvalue weighted by Gasteiger charge is -2.06. The summed E-state index contributed by atoms with van der Waals surface area (Å²) >= 11 is 3.28. The smallest absolute Gasteiger partial charge is 0.463 e. The molecule has 0 amide bonds. The molecule has 0 fully saturated rings. The summed E-state index contributed by atoms with van der Waals surface area (Å²) < 4.78 is 6.54. The van der Waals surface area contributed by atoms with Crippen molar-refractivity contribution in [3.8, 4) is 0 Å². The highest BCUT2D eigenvalue weighted by Gasteiger charge is 2.27. The number of nitrogens with one attached hydrogen (secondary N) is 1. The maximum Gasteiger partial charge on any atom is 0.500 e. The summed E-state index contributed by atoms with van der Waals surface area (Å²) in [6, 6.07) is 4.95. The van der Waals surface area contributed by atoms with E-state index in [0.717, 1.165) is 9.20 Å². The van der Waals surface area contributed by atoms with Gasteiger partial charge in [-0.3, -0.25) is 10.1 Å². The Balaban J connectivity index is 2.14. The van der Waals surface area contributed by atoms with Crippen LogP contribution in [0.3, 0.4) is 0 Å². The first kappa shape index (κ1) is 16.2. The fourth-order valence-electron chi connectivity index (χ4n) is 1.84. The molecule has 9 heteroatoms. The molecule has 0 aliphatic carbocycles. The van der Waals surface area contributed by atoms with Crippen LogP contribution in [0.15, 0.2) is 22.7 Å². The fraction of sp³-hybridized carbons (Fsp3) is 0.385. The van der Waals surface area contributed by atoms with Gasteiger partial charge in [0.1, 0.15) is 0 Å². The molecular formula is C13H17BrN4O4+2. The van der Waals surface area contributed by atoms with Crippen LogP contribution < -0.4 is 14.9 Å². The fourth-order valence-corrected chi connectivity index (χ4v) is 2.19. The molecule has 0 unspecified atom stereocenters. The number of hydrogen-bond donors (Lipinski definition) is 3. The van der Waals surface area contributed by atoms with Gasteiger partial charge in [-0.15, -0.1) is 0 Å². The summed E-state index contributed by atoms with van der Waals surface area (Å²) in [6.07, 6.45) is -0.0592. The van der Waals surface area contributed by atoms with Crippen LogP contribution in [0.2, 0.25) is 0 Å². The molecule has 0 aliphatic rings. The minimum atomic E-state index is -0.353. The van der Waals surface area contributed by atoms with Crippen molar-refractivity contribution in [1.82, 2.24) is 5.10 Å². The van der Waals surface area contributed by atoms with Crippen molar-refractivity contribution < 1.29 is 29.5 Å². The lowest BCUT2D eigenvalue weighted by atomic mass is 10.3. The van der Waals surface area contributed by atoms with Gasteiger partial charge in [-0.1, -0.05) is 15.9 Å². The number of halogens is 1. The monoisotopic (exact) mass is 372 g/mol. The molecule has 22 heavy (non-hydrogen) atoms. The van der Waals surface area contributed by atoms with Crippen LogP contribution in [-0.4, -0.2) is 34.1 Å². The van der Waals surface area contributed by atoms with Gasteiger partial charge in [-0.25, -0.2) is 5.21 Å². The zero-order chi connectivity index (χ0) is 16.3. The summed E-state index contributed by atoms with van der Waals surface area (Å²) in [5, 5.41) is 26.5. The number of carbonyl (C=O) groups is 1. The Hall–Kier alpha value is -2.16. The molecule has 2 rings (SSSR count). The van der Waals surface area contributed by atoms with Crippen molar-refractivity contribution in [2.24, 2.45) is 0 Å². The maximum absolute atomic E-state index is 11.4. The van der Waals surface area contributed by atoms with Crippen molar-refractivity contribution in [2.75, 3.05) is 11.9 Å². The van der Waals surface area contributed by atoms with E-state index in [1.54, 1.807) is 32.0 Å². The highest BCUT2D eigenvalue weighted by atomic mass is 79.9.